The smallest absolute Gasteiger partial charge is 0.748 e. The number of hydrogen-bond acceptors (Lipinski definition) is 4. The minimum atomic E-state index is -4.28. The molecule has 0 aliphatic rings. The summed E-state index contributed by atoms with van der Waals surface area (Å²) in [5, 5.41) is 8.54. The maximum absolute atomic E-state index is 11.1. The van der Waals surface area contributed by atoms with Gasteiger partial charge in [-0.1, -0.05) is 52.4 Å². The number of unbranched alkanes of at least 4 members (excludes halogenated alkanes) is 5. The normalized spacial score (nSPS) is 14.7. The summed E-state index contributed by atoms with van der Waals surface area (Å²) in [5.74, 6) is 0. The van der Waals surface area contributed by atoms with Gasteiger partial charge < -0.3 is 9.66 Å². The van der Waals surface area contributed by atoms with E-state index in [0.29, 0.717) is 12.8 Å². The van der Waals surface area contributed by atoms with E-state index in [0.717, 1.165) is 19.3 Å². The minimum Gasteiger partial charge on any atom is -0.748 e. The number of rotatable bonds is 11. The first-order chi connectivity index (χ1) is 8.41. The van der Waals surface area contributed by atoms with Crippen LogP contribution in [0.5, 0.6) is 0 Å². The first-order valence-corrected chi connectivity index (χ1v) is 8.51. The van der Waals surface area contributed by atoms with Crippen LogP contribution in [0.15, 0.2) is 0 Å². The Morgan fingerprint density at radius 1 is 1.05 bits per heavy atom. The van der Waals surface area contributed by atoms with Crippen LogP contribution >= 0.6 is 0 Å². The van der Waals surface area contributed by atoms with Crippen LogP contribution in [0, 0.1) is 0 Å². The van der Waals surface area contributed by atoms with Crippen molar-refractivity contribution in [3.8, 4) is 0 Å². The Hall–Kier alpha value is 1.51. The SMILES string of the molecule is CCCCCCCCC(CC(O)CC)S(=O)(=O)[O-].[K+]. The summed E-state index contributed by atoms with van der Waals surface area (Å²) in [6, 6.07) is 0. The largest absolute Gasteiger partial charge is 1.00 e. The molecule has 2 atom stereocenters. The summed E-state index contributed by atoms with van der Waals surface area (Å²) in [6.07, 6.45) is 6.64. The molecule has 0 amide bonds. The molecule has 0 fully saturated rings. The molecule has 2 unspecified atom stereocenters. The topological polar surface area (TPSA) is 77.4 Å². The minimum absolute atomic E-state index is 0. The third-order valence-electron chi connectivity index (χ3n) is 3.29. The van der Waals surface area contributed by atoms with E-state index in [9.17, 15) is 18.1 Å². The van der Waals surface area contributed by atoms with Crippen LogP contribution in [0.4, 0.5) is 0 Å². The van der Waals surface area contributed by atoms with Gasteiger partial charge in [0.15, 0.2) is 0 Å². The van der Waals surface area contributed by atoms with Crippen molar-refractivity contribution in [1.82, 2.24) is 0 Å². The van der Waals surface area contributed by atoms with Crippen LogP contribution in [0.1, 0.15) is 71.6 Å². The van der Waals surface area contributed by atoms with Crippen LogP contribution < -0.4 is 51.4 Å². The van der Waals surface area contributed by atoms with Gasteiger partial charge in [0.2, 0.25) is 0 Å². The summed E-state index contributed by atoms with van der Waals surface area (Å²) < 4.78 is 33.2. The molecule has 0 heterocycles. The van der Waals surface area contributed by atoms with E-state index in [1.807, 2.05) is 0 Å². The van der Waals surface area contributed by atoms with Crippen molar-refractivity contribution in [1.29, 1.82) is 0 Å². The second-order valence-electron chi connectivity index (χ2n) is 4.97. The number of aliphatic hydroxyl groups is 1. The zero-order valence-electron chi connectivity index (χ0n) is 12.6. The Bertz CT molecular complexity index is 293. The van der Waals surface area contributed by atoms with Crippen molar-refractivity contribution < 1.29 is 69.5 Å². The van der Waals surface area contributed by atoms with Crippen LogP contribution in [0.25, 0.3) is 0 Å². The van der Waals surface area contributed by atoms with Gasteiger partial charge in [0.05, 0.1) is 21.5 Å². The van der Waals surface area contributed by atoms with Gasteiger partial charge >= 0.3 is 51.4 Å². The standard InChI is InChI=1S/C13H28O4S.K/c1-3-5-6-7-8-9-10-13(18(15,16)17)11-12(14)4-2;/h12-14H,3-11H2,1-2H3,(H,15,16,17);/q;+1/p-1. The monoisotopic (exact) mass is 318 g/mol. The van der Waals surface area contributed by atoms with Gasteiger partial charge in [-0.25, -0.2) is 8.42 Å². The third kappa shape index (κ3) is 12.9. The Kier molecular flexibility index (Phi) is 15.8. The van der Waals surface area contributed by atoms with E-state index in [1.54, 1.807) is 6.92 Å². The maximum atomic E-state index is 11.1. The molecule has 6 heteroatoms. The quantitative estimate of drug-likeness (QED) is 0.326. The first kappa shape index (κ1) is 22.8. The molecule has 0 saturated carbocycles. The molecular weight excluding hydrogens is 291 g/mol. The van der Waals surface area contributed by atoms with Gasteiger partial charge in [0, 0.05) is 0 Å². The molecule has 0 rings (SSSR count). The molecule has 0 aliphatic heterocycles. The van der Waals surface area contributed by atoms with Crippen LogP contribution in [0.3, 0.4) is 0 Å². The average molecular weight is 319 g/mol. The molecule has 0 aliphatic carbocycles. The van der Waals surface area contributed by atoms with E-state index in [4.69, 9.17) is 0 Å². The molecule has 0 aromatic heterocycles. The van der Waals surface area contributed by atoms with Gasteiger partial charge in [0.25, 0.3) is 0 Å². The van der Waals surface area contributed by atoms with Gasteiger partial charge in [0.1, 0.15) is 0 Å². The second kappa shape index (κ2) is 13.2. The second-order valence-corrected chi connectivity index (χ2v) is 6.62. The molecule has 1 N–H and O–H groups in total. The maximum Gasteiger partial charge on any atom is 1.00 e. The summed E-state index contributed by atoms with van der Waals surface area (Å²) in [5.41, 5.74) is 0. The zero-order chi connectivity index (χ0) is 14.0. The van der Waals surface area contributed by atoms with E-state index in [-0.39, 0.29) is 57.8 Å². The van der Waals surface area contributed by atoms with Gasteiger partial charge in [-0.15, -0.1) is 0 Å². The van der Waals surface area contributed by atoms with Gasteiger partial charge in [-0.3, -0.25) is 0 Å². The van der Waals surface area contributed by atoms with Crippen molar-refractivity contribution >= 4 is 10.1 Å². The number of hydrogen-bond donors (Lipinski definition) is 1. The van der Waals surface area contributed by atoms with Crippen molar-refractivity contribution in [3.63, 3.8) is 0 Å². The summed E-state index contributed by atoms with van der Waals surface area (Å²) >= 11 is 0. The van der Waals surface area contributed by atoms with E-state index in [1.165, 1.54) is 19.3 Å². The molecular formula is C13H27KO4S. The molecule has 19 heavy (non-hydrogen) atoms. The third-order valence-corrected chi connectivity index (χ3v) is 4.54. The van der Waals surface area contributed by atoms with Crippen LogP contribution in [-0.4, -0.2) is 29.4 Å². The van der Waals surface area contributed by atoms with E-state index >= 15 is 0 Å². The average Bonchev–Trinajstić information content (AvgIpc) is 2.30. The van der Waals surface area contributed by atoms with Gasteiger partial charge in [-0.05, 0) is 19.3 Å². The van der Waals surface area contributed by atoms with Crippen molar-refractivity contribution in [3.05, 3.63) is 0 Å². The summed E-state index contributed by atoms with van der Waals surface area (Å²) in [4.78, 5) is 0. The Morgan fingerprint density at radius 3 is 2.05 bits per heavy atom. The van der Waals surface area contributed by atoms with E-state index in [2.05, 4.69) is 6.92 Å². The molecule has 0 bridgehead atoms. The molecule has 0 radical (unpaired) electrons. The molecule has 0 aromatic rings. The molecule has 0 spiro atoms. The predicted octanol–water partition coefficient (Wildman–Crippen LogP) is -0.184. The Labute approximate surface area is 160 Å². The van der Waals surface area contributed by atoms with Crippen molar-refractivity contribution in [2.24, 2.45) is 0 Å². The van der Waals surface area contributed by atoms with E-state index < -0.39 is 21.5 Å². The van der Waals surface area contributed by atoms with Crippen molar-refractivity contribution in [2.75, 3.05) is 0 Å². The first-order valence-electron chi connectivity index (χ1n) is 7.04. The molecule has 4 nitrogen and oxygen atoms in total. The zero-order valence-corrected chi connectivity index (χ0v) is 16.5. The predicted molar refractivity (Wildman–Crippen MR) is 72.4 cm³/mol. The van der Waals surface area contributed by atoms with Gasteiger partial charge in [-0.2, -0.15) is 0 Å². The summed E-state index contributed by atoms with van der Waals surface area (Å²) in [6.45, 7) is 3.93. The van der Waals surface area contributed by atoms with Crippen LogP contribution in [-0.2, 0) is 10.1 Å². The van der Waals surface area contributed by atoms with Crippen LogP contribution in [0.2, 0.25) is 0 Å². The fourth-order valence-corrected chi connectivity index (χ4v) is 2.92. The molecule has 0 saturated heterocycles. The molecule has 110 valence electrons. The Balaban J connectivity index is 0. The molecule has 0 aromatic carbocycles. The fraction of sp³-hybridized carbons (Fsp3) is 1.00. The number of aliphatic hydroxyl groups excluding tert-OH is 1. The van der Waals surface area contributed by atoms with Crippen molar-refractivity contribution in [2.45, 2.75) is 83.0 Å². The fourth-order valence-electron chi connectivity index (χ4n) is 2.00. The summed E-state index contributed by atoms with van der Waals surface area (Å²) in [7, 11) is -4.28. The Morgan fingerprint density at radius 2 is 1.58 bits per heavy atom.